The Bertz CT molecular complexity index is 2590. The average Bonchev–Trinajstić information content (AvgIpc) is 3.19. The summed E-state index contributed by atoms with van der Waals surface area (Å²) in [6.45, 7) is 0. The van der Waals surface area contributed by atoms with Crippen LogP contribution < -0.4 is 4.90 Å². The maximum atomic E-state index is 2.50. The van der Waals surface area contributed by atoms with Gasteiger partial charge in [0, 0.05) is 22.2 Å². The molecular weight excluding hydrogens is 591 g/mol. The van der Waals surface area contributed by atoms with Gasteiger partial charge in [0.25, 0.3) is 0 Å². The van der Waals surface area contributed by atoms with E-state index >= 15 is 0 Å². The zero-order chi connectivity index (χ0) is 32.6. The fraction of sp³-hybridized carbons (Fsp3) is 0. The van der Waals surface area contributed by atoms with Crippen LogP contribution in [0.1, 0.15) is 0 Å². The highest BCUT2D eigenvalue weighted by atomic mass is 15.1. The molecule has 0 saturated carbocycles. The first-order valence-corrected chi connectivity index (χ1v) is 16.9. The Labute approximate surface area is 287 Å². The molecule has 0 amide bonds. The molecule has 49 heavy (non-hydrogen) atoms. The van der Waals surface area contributed by atoms with Crippen LogP contribution in [-0.4, -0.2) is 0 Å². The Hall–Kier alpha value is -6.44. The second-order valence-electron chi connectivity index (χ2n) is 12.5. The summed E-state index contributed by atoms with van der Waals surface area (Å²) >= 11 is 0. The first-order chi connectivity index (χ1) is 24.3. The summed E-state index contributed by atoms with van der Waals surface area (Å²) < 4.78 is 0. The Morgan fingerprint density at radius 3 is 1.55 bits per heavy atom. The third kappa shape index (κ3) is 5.13. The van der Waals surface area contributed by atoms with Crippen molar-refractivity contribution in [3.8, 4) is 33.4 Å². The SMILES string of the molecule is c1ccc(-c2ccc(N(c3ccccc3-c3ccccc3)c3c(-c4ccc5ccccc5c4)c4ccccc4c4ccccc34)cc2)cc1. The number of benzene rings is 9. The number of nitrogens with zero attached hydrogens (tertiary/aromatic N) is 1. The molecule has 9 rings (SSSR count). The van der Waals surface area contributed by atoms with Crippen LogP contribution in [0.3, 0.4) is 0 Å². The zero-order valence-corrected chi connectivity index (χ0v) is 27.0. The molecule has 0 fully saturated rings. The molecule has 0 N–H and O–H groups in total. The Morgan fingerprint density at radius 1 is 0.306 bits per heavy atom. The minimum atomic E-state index is 1.10. The van der Waals surface area contributed by atoms with Crippen LogP contribution in [0.2, 0.25) is 0 Å². The minimum absolute atomic E-state index is 1.10. The average molecular weight is 624 g/mol. The summed E-state index contributed by atoms with van der Waals surface area (Å²) in [6, 6.07) is 72.5. The van der Waals surface area contributed by atoms with E-state index in [2.05, 4.69) is 205 Å². The summed E-state index contributed by atoms with van der Waals surface area (Å²) in [6.07, 6.45) is 0. The van der Waals surface area contributed by atoms with E-state index in [9.17, 15) is 0 Å². The van der Waals surface area contributed by atoms with Gasteiger partial charge in [-0.2, -0.15) is 0 Å². The van der Waals surface area contributed by atoms with Gasteiger partial charge < -0.3 is 4.90 Å². The molecule has 0 spiro atoms. The summed E-state index contributed by atoms with van der Waals surface area (Å²) in [4.78, 5) is 2.50. The van der Waals surface area contributed by atoms with Crippen molar-refractivity contribution in [2.24, 2.45) is 0 Å². The monoisotopic (exact) mass is 623 g/mol. The lowest BCUT2D eigenvalue weighted by atomic mass is 9.88. The van der Waals surface area contributed by atoms with Crippen LogP contribution in [-0.2, 0) is 0 Å². The summed E-state index contributed by atoms with van der Waals surface area (Å²) in [5, 5.41) is 7.39. The van der Waals surface area contributed by atoms with Crippen molar-refractivity contribution in [3.05, 3.63) is 200 Å². The highest BCUT2D eigenvalue weighted by Gasteiger charge is 2.25. The van der Waals surface area contributed by atoms with Gasteiger partial charge in [0.05, 0.1) is 11.4 Å². The van der Waals surface area contributed by atoms with Crippen molar-refractivity contribution in [1.29, 1.82) is 0 Å². The first kappa shape index (κ1) is 28.8. The van der Waals surface area contributed by atoms with Gasteiger partial charge in [0.1, 0.15) is 0 Å². The van der Waals surface area contributed by atoms with Gasteiger partial charge in [-0.05, 0) is 73.5 Å². The van der Waals surface area contributed by atoms with E-state index in [0.29, 0.717) is 0 Å². The maximum absolute atomic E-state index is 2.50. The summed E-state index contributed by atoms with van der Waals surface area (Å²) in [5.74, 6) is 0. The van der Waals surface area contributed by atoms with E-state index in [-0.39, 0.29) is 0 Å². The van der Waals surface area contributed by atoms with Gasteiger partial charge in [0.2, 0.25) is 0 Å². The highest BCUT2D eigenvalue weighted by molar-refractivity contribution is 6.23. The molecule has 1 nitrogen and oxygen atoms in total. The quantitative estimate of drug-likeness (QED) is 0.167. The standard InChI is InChI=1S/C48H33N/c1-3-15-34(16-4-1)36-29-31-40(32-30-36)49(46-26-14-13-21-41(46)37-18-5-2-6-19-37)48-45-25-12-10-23-43(45)42-22-9-11-24-44(42)47(48)39-28-27-35-17-7-8-20-38(35)33-39/h1-33H. The largest absolute Gasteiger partial charge is 0.309 e. The maximum Gasteiger partial charge on any atom is 0.0625 e. The molecule has 0 heterocycles. The molecule has 0 bridgehead atoms. The fourth-order valence-corrected chi connectivity index (χ4v) is 7.34. The molecule has 0 aliphatic rings. The minimum Gasteiger partial charge on any atom is -0.309 e. The van der Waals surface area contributed by atoms with Gasteiger partial charge in [-0.25, -0.2) is 0 Å². The van der Waals surface area contributed by atoms with E-state index in [0.717, 1.165) is 11.4 Å². The second-order valence-corrected chi connectivity index (χ2v) is 12.5. The number of hydrogen-bond donors (Lipinski definition) is 0. The van der Waals surface area contributed by atoms with Crippen LogP contribution >= 0.6 is 0 Å². The van der Waals surface area contributed by atoms with Crippen LogP contribution in [0, 0.1) is 0 Å². The lowest BCUT2D eigenvalue weighted by Crippen LogP contribution is -2.13. The molecular formula is C48H33N. The molecule has 1 heteroatoms. The van der Waals surface area contributed by atoms with Gasteiger partial charge in [-0.1, -0.05) is 176 Å². The van der Waals surface area contributed by atoms with E-state index < -0.39 is 0 Å². The molecule has 0 radical (unpaired) electrons. The van der Waals surface area contributed by atoms with Crippen molar-refractivity contribution < 1.29 is 0 Å². The van der Waals surface area contributed by atoms with Crippen molar-refractivity contribution in [1.82, 2.24) is 0 Å². The number of fused-ring (bicyclic) bond motifs is 4. The van der Waals surface area contributed by atoms with Crippen molar-refractivity contribution >= 4 is 49.4 Å². The van der Waals surface area contributed by atoms with Gasteiger partial charge >= 0.3 is 0 Å². The molecule has 230 valence electrons. The first-order valence-electron chi connectivity index (χ1n) is 16.9. The Balaban J connectivity index is 1.41. The normalized spacial score (nSPS) is 11.3. The van der Waals surface area contributed by atoms with Crippen molar-refractivity contribution in [2.45, 2.75) is 0 Å². The zero-order valence-electron chi connectivity index (χ0n) is 27.0. The smallest absolute Gasteiger partial charge is 0.0625 e. The van der Waals surface area contributed by atoms with E-state index in [4.69, 9.17) is 0 Å². The summed E-state index contributed by atoms with van der Waals surface area (Å²) in [5.41, 5.74) is 10.6. The van der Waals surface area contributed by atoms with Crippen LogP contribution in [0.15, 0.2) is 200 Å². The third-order valence-corrected chi connectivity index (χ3v) is 9.63. The Kier molecular flexibility index (Phi) is 7.22. The van der Waals surface area contributed by atoms with Gasteiger partial charge in [-0.3, -0.25) is 0 Å². The predicted molar refractivity (Wildman–Crippen MR) is 210 cm³/mol. The molecule has 9 aromatic rings. The lowest BCUT2D eigenvalue weighted by molar-refractivity contribution is 1.30. The van der Waals surface area contributed by atoms with Crippen LogP contribution in [0.4, 0.5) is 17.1 Å². The van der Waals surface area contributed by atoms with Crippen molar-refractivity contribution in [3.63, 3.8) is 0 Å². The third-order valence-electron chi connectivity index (χ3n) is 9.63. The number of para-hydroxylation sites is 1. The molecule has 0 atom stereocenters. The highest BCUT2D eigenvalue weighted by Crippen LogP contribution is 2.51. The topological polar surface area (TPSA) is 3.24 Å². The van der Waals surface area contributed by atoms with E-state index in [1.54, 1.807) is 0 Å². The van der Waals surface area contributed by atoms with E-state index in [1.807, 2.05) is 0 Å². The van der Waals surface area contributed by atoms with Gasteiger partial charge in [0.15, 0.2) is 0 Å². The van der Waals surface area contributed by atoms with E-state index in [1.165, 1.54) is 71.4 Å². The molecule has 0 saturated heterocycles. The number of rotatable bonds is 6. The molecule has 0 aliphatic heterocycles. The van der Waals surface area contributed by atoms with Crippen LogP contribution in [0.25, 0.3) is 65.7 Å². The summed E-state index contributed by atoms with van der Waals surface area (Å²) in [7, 11) is 0. The molecule has 9 aromatic carbocycles. The Morgan fingerprint density at radius 2 is 0.816 bits per heavy atom. The van der Waals surface area contributed by atoms with Crippen molar-refractivity contribution in [2.75, 3.05) is 4.90 Å². The number of hydrogen-bond acceptors (Lipinski definition) is 1. The lowest BCUT2D eigenvalue weighted by Gasteiger charge is -2.32. The molecule has 0 aliphatic carbocycles. The second kappa shape index (κ2) is 12.3. The molecule has 0 unspecified atom stereocenters. The van der Waals surface area contributed by atoms with Gasteiger partial charge in [-0.15, -0.1) is 0 Å². The fourth-order valence-electron chi connectivity index (χ4n) is 7.34. The predicted octanol–water partition coefficient (Wildman–Crippen LogP) is 13.6. The molecule has 0 aromatic heterocycles. The van der Waals surface area contributed by atoms with Crippen LogP contribution in [0.5, 0.6) is 0 Å². The number of anilines is 3.